The van der Waals surface area contributed by atoms with Gasteiger partial charge in [-0.3, -0.25) is 13.8 Å². The molecule has 0 aliphatic heterocycles. The van der Waals surface area contributed by atoms with Crippen LogP contribution in [0, 0.1) is 0 Å². The van der Waals surface area contributed by atoms with E-state index < -0.39 is 20.0 Å². The van der Waals surface area contributed by atoms with Gasteiger partial charge < -0.3 is 19.8 Å². The monoisotopic (exact) mass is 1060 g/mol. The van der Waals surface area contributed by atoms with E-state index >= 15 is 0 Å². The standard InChI is InChI=1S/C66H111N2O6P/c1-6-8-10-12-14-16-18-20-22-24-26-27-28-29-30-31-32-33-34-35-36-37-38-39-40-41-42-44-46-48-50-52-54-56-58-60-66(70)67-64(63-74-75(71,72)73-62-61-68(3,4)5)65(69)59-57-55-53-51-49-47-45-43-25-23-21-19-17-15-13-11-9-7-2/h8,10,14,16,20,22,26-27,29-30,32-33,35-36,38-39,41-42,46,48-49,51,57,59,64-65,69H,6-7,9,11-13,15,17-19,21,23-25,28,31,34,37,40,43-45,47,50,52-56,58,60-63H2,1-5H3,(H-,67,70,71,72)/p+1/b10-8-,16-14-,22-20-,27-26-,30-29-,33-32-,36-35-,39-38-,42-41-,48-46-,51-49+,59-57+. The van der Waals surface area contributed by atoms with Crippen LogP contribution < -0.4 is 5.32 Å². The Bertz CT molecular complexity index is 1720. The first-order valence-corrected chi connectivity index (χ1v) is 31.2. The quantitative estimate of drug-likeness (QED) is 0.0243. The van der Waals surface area contributed by atoms with Crippen LogP contribution in [-0.4, -0.2) is 73.4 Å². The van der Waals surface area contributed by atoms with Crippen LogP contribution in [0.5, 0.6) is 0 Å². The maximum Gasteiger partial charge on any atom is 0.472 e. The van der Waals surface area contributed by atoms with Crippen molar-refractivity contribution in [2.45, 2.75) is 225 Å². The lowest BCUT2D eigenvalue weighted by molar-refractivity contribution is -0.870. The van der Waals surface area contributed by atoms with E-state index in [2.05, 4.69) is 153 Å². The van der Waals surface area contributed by atoms with E-state index in [1.54, 1.807) is 6.08 Å². The Morgan fingerprint density at radius 1 is 0.467 bits per heavy atom. The predicted molar refractivity (Wildman–Crippen MR) is 327 cm³/mol. The zero-order valence-electron chi connectivity index (χ0n) is 48.5. The Hall–Kier alpha value is -3.62. The van der Waals surface area contributed by atoms with Crippen LogP contribution in [0.15, 0.2) is 146 Å². The molecule has 3 atom stereocenters. The molecule has 0 radical (unpaired) electrons. The molecule has 0 aromatic heterocycles. The second kappa shape index (κ2) is 55.1. The molecule has 9 heteroatoms. The molecule has 426 valence electrons. The number of likely N-dealkylation sites (N-methyl/N-ethyl adjacent to an activating group) is 1. The van der Waals surface area contributed by atoms with Crippen molar-refractivity contribution < 1.29 is 32.9 Å². The van der Waals surface area contributed by atoms with Crippen molar-refractivity contribution in [1.82, 2.24) is 5.32 Å². The smallest absolute Gasteiger partial charge is 0.387 e. The number of carbonyl (C=O) groups excluding carboxylic acids is 1. The zero-order valence-corrected chi connectivity index (χ0v) is 49.4. The summed E-state index contributed by atoms with van der Waals surface area (Å²) in [6, 6.07) is -0.889. The molecule has 8 nitrogen and oxygen atoms in total. The van der Waals surface area contributed by atoms with Crippen LogP contribution >= 0.6 is 7.82 Å². The number of allylic oxidation sites excluding steroid dienone is 23. The molecule has 0 aliphatic rings. The third kappa shape index (κ3) is 57.9. The molecule has 0 spiro atoms. The third-order valence-corrected chi connectivity index (χ3v) is 13.3. The average Bonchev–Trinajstić information content (AvgIpc) is 3.37. The topological polar surface area (TPSA) is 105 Å². The molecule has 0 bridgehead atoms. The number of hydrogen-bond donors (Lipinski definition) is 3. The predicted octanol–water partition coefficient (Wildman–Crippen LogP) is 18.5. The fraction of sp³-hybridized carbons (Fsp3) is 0.621. The van der Waals surface area contributed by atoms with Gasteiger partial charge in [-0.15, -0.1) is 0 Å². The van der Waals surface area contributed by atoms with Crippen molar-refractivity contribution >= 4 is 13.7 Å². The Labute approximate surface area is 461 Å². The molecule has 0 aromatic rings. The van der Waals surface area contributed by atoms with Gasteiger partial charge in [0.15, 0.2) is 0 Å². The molecule has 3 N–H and O–H groups in total. The lowest BCUT2D eigenvalue weighted by atomic mass is 10.0. The maximum atomic E-state index is 13.0. The summed E-state index contributed by atoms with van der Waals surface area (Å²) in [5, 5.41) is 13.9. The molecule has 3 unspecified atom stereocenters. The number of quaternary nitrogens is 1. The van der Waals surface area contributed by atoms with Crippen molar-refractivity contribution in [3.05, 3.63) is 146 Å². The fourth-order valence-corrected chi connectivity index (χ4v) is 8.41. The summed E-state index contributed by atoms with van der Waals surface area (Å²) in [5.41, 5.74) is 0. The number of carbonyl (C=O) groups is 1. The lowest BCUT2D eigenvalue weighted by Crippen LogP contribution is -2.45. The summed E-state index contributed by atoms with van der Waals surface area (Å²) in [7, 11) is 1.51. The Balaban J connectivity index is 4.32. The lowest BCUT2D eigenvalue weighted by Gasteiger charge is -2.25. The number of rotatable bonds is 52. The van der Waals surface area contributed by atoms with Crippen molar-refractivity contribution in [3.63, 3.8) is 0 Å². The first-order valence-electron chi connectivity index (χ1n) is 29.7. The van der Waals surface area contributed by atoms with E-state index in [4.69, 9.17) is 9.05 Å². The molecule has 0 saturated carbocycles. The molecular weight excluding hydrogens is 948 g/mol. The van der Waals surface area contributed by atoms with Crippen molar-refractivity contribution in [2.24, 2.45) is 0 Å². The van der Waals surface area contributed by atoms with E-state index in [9.17, 15) is 19.4 Å². The molecule has 0 fully saturated rings. The highest BCUT2D eigenvalue weighted by molar-refractivity contribution is 7.47. The molecule has 75 heavy (non-hydrogen) atoms. The normalized spacial score (nSPS) is 14.9. The molecule has 0 saturated heterocycles. The van der Waals surface area contributed by atoms with Gasteiger partial charge in [0.05, 0.1) is 39.9 Å². The average molecular weight is 1060 g/mol. The van der Waals surface area contributed by atoms with Gasteiger partial charge in [-0.1, -0.05) is 243 Å². The summed E-state index contributed by atoms with van der Waals surface area (Å²) in [6.45, 7) is 4.64. The highest BCUT2D eigenvalue weighted by Crippen LogP contribution is 2.43. The van der Waals surface area contributed by atoms with Gasteiger partial charge in [-0.25, -0.2) is 4.57 Å². The SMILES string of the molecule is CC/C=C\C/C=C\C/C=C\C/C=C\C/C=C\C/C=C\C/C=C\C/C=C\C/C=C\C/C=C\CCCCCCC(=O)NC(COP(=O)(O)OCC[N+](C)(C)C)C(O)/C=C/CC/C=C/CCCCCCCCCCCCCC. The number of amides is 1. The van der Waals surface area contributed by atoms with Gasteiger partial charge in [0.1, 0.15) is 13.2 Å². The Morgan fingerprint density at radius 2 is 0.813 bits per heavy atom. The summed E-state index contributed by atoms with van der Waals surface area (Å²) in [6.07, 6.45) is 85.2. The molecule has 0 aromatic carbocycles. The molecule has 1 amide bonds. The van der Waals surface area contributed by atoms with Gasteiger partial charge in [-0.2, -0.15) is 0 Å². The van der Waals surface area contributed by atoms with Crippen LogP contribution in [0.1, 0.15) is 213 Å². The summed E-state index contributed by atoms with van der Waals surface area (Å²) >= 11 is 0. The van der Waals surface area contributed by atoms with Crippen LogP contribution in [0.4, 0.5) is 0 Å². The summed E-state index contributed by atoms with van der Waals surface area (Å²) in [4.78, 5) is 23.3. The van der Waals surface area contributed by atoms with Crippen LogP contribution in [0.25, 0.3) is 0 Å². The van der Waals surface area contributed by atoms with Gasteiger partial charge in [0.25, 0.3) is 0 Å². The fourth-order valence-electron chi connectivity index (χ4n) is 7.67. The van der Waals surface area contributed by atoms with E-state index in [1.165, 1.54) is 77.0 Å². The van der Waals surface area contributed by atoms with E-state index in [-0.39, 0.29) is 19.1 Å². The minimum absolute atomic E-state index is 0.0427. The van der Waals surface area contributed by atoms with E-state index in [0.717, 1.165) is 116 Å². The van der Waals surface area contributed by atoms with Crippen LogP contribution in [-0.2, 0) is 18.4 Å². The zero-order chi connectivity index (χ0) is 54.9. The van der Waals surface area contributed by atoms with Crippen molar-refractivity contribution in [2.75, 3.05) is 40.9 Å². The number of aliphatic hydroxyl groups is 1. The van der Waals surface area contributed by atoms with Gasteiger partial charge in [0.2, 0.25) is 5.91 Å². The van der Waals surface area contributed by atoms with Gasteiger partial charge >= 0.3 is 7.82 Å². The molecule has 0 rings (SSSR count). The highest BCUT2D eigenvalue weighted by atomic mass is 31.2. The van der Waals surface area contributed by atoms with Crippen LogP contribution in [0.3, 0.4) is 0 Å². The van der Waals surface area contributed by atoms with E-state index in [1.807, 2.05) is 27.2 Å². The Morgan fingerprint density at radius 3 is 1.23 bits per heavy atom. The van der Waals surface area contributed by atoms with Crippen molar-refractivity contribution in [1.29, 1.82) is 0 Å². The number of aliphatic hydroxyl groups excluding tert-OH is 1. The highest BCUT2D eigenvalue weighted by Gasteiger charge is 2.27. The molecule has 0 heterocycles. The minimum Gasteiger partial charge on any atom is -0.387 e. The number of nitrogens with one attached hydrogen (secondary N) is 1. The number of phosphoric ester groups is 1. The first kappa shape index (κ1) is 71.4. The second-order valence-corrected chi connectivity index (χ2v) is 22.1. The maximum absolute atomic E-state index is 13.0. The third-order valence-electron chi connectivity index (χ3n) is 12.3. The van der Waals surface area contributed by atoms with Gasteiger partial charge in [-0.05, 0) is 109 Å². The second-order valence-electron chi connectivity index (χ2n) is 20.6. The molecular formula is C66H112N2O6P+. The summed E-state index contributed by atoms with van der Waals surface area (Å²) < 4.78 is 23.7. The number of phosphoric acid groups is 1. The van der Waals surface area contributed by atoms with E-state index in [0.29, 0.717) is 17.4 Å². The Kier molecular flexibility index (Phi) is 52.5. The van der Waals surface area contributed by atoms with Crippen LogP contribution in [0.2, 0.25) is 0 Å². The number of hydrogen-bond acceptors (Lipinski definition) is 5. The van der Waals surface area contributed by atoms with Crippen molar-refractivity contribution in [3.8, 4) is 0 Å². The number of nitrogens with zero attached hydrogens (tertiary/aromatic N) is 1. The minimum atomic E-state index is -4.37. The largest absolute Gasteiger partial charge is 0.472 e. The molecule has 0 aliphatic carbocycles. The number of unbranched alkanes of at least 4 members (excludes halogenated alkanes) is 17. The summed E-state index contributed by atoms with van der Waals surface area (Å²) in [5.74, 6) is -0.217. The first-order chi connectivity index (χ1) is 36.5. The van der Waals surface area contributed by atoms with Gasteiger partial charge in [0, 0.05) is 6.42 Å².